The number of imidazole rings is 1. The van der Waals surface area contributed by atoms with E-state index in [1.165, 1.54) is 0 Å². The Morgan fingerprint density at radius 1 is 1.07 bits per heavy atom. The molecule has 1 aromatic heterocycles. The van der Waals surface area contributed by atoms with E-state index < -0.39 is 0 Å². The van der Waals surface area contributed by atoms with Crippen molar-refractivity contribution < 1.29 is 14.3 Å². The maximum Gasteiger partial charge on any atom is 0.252 e. The van der Waals surface area contributed by atoms with Crippen molar-refractivity contribution in [2.45, 2.75) is 19.4 Å². The fraction of sp³-hybridized carbons (Fsp3) is 0.318. The van der Waals surface area contributed by atoms with Crippen molar-refractivity contribution in [3.05, 3.63) is 64.9 Å². The third kappa shape index (κ3) is 5.58. The Kier molecular flexibility index (Phi) is 7.82. The number of fused-ring (bicyclic) bond motifs is 1. The summed E-state index contributed by atoms with van der Waals surface area (Å²) in [5.74, 6) is 0.414. The fourth-order valence-corrected chi connectivity index (χ4v) is 3.39. The molecule has 30 heavy (non-hydrogen) atoms. The summed E-state index contributed by atoms with van der Waals surface area (Å²) in [6.07, 6.45) is 1.25. The Morgan fingerprint density at radius 3 is 2.63 bits per heavy atom. The number of carbonyl (C=O) groups excluding carboxylic acids is 2. The highest BCUT2D eigenvalue weighted by Crippen LogP contribution is 2.17. The SMILES string of the molecule is COCCCNC(=O)Cn1c(CCNC(=O)c2ccccc2Cl)nc2ccccc21. The normalized spacial score (nSPS) is 10.9. The minimum absolute atomic E-state index is 0.0874. The van der Waals surface area contributed by atoms with Crippen LogP contribution in [0.1, 0.15) is 22.6 Å². The molecule has 3 rings (SSSR count). The fourth-order valence-electron chi connectivity index (χ4n) is 3.16. The molecule has 0 atom stereocenters. The maximum atomic E-state index is 12.4. The van der Waals surface area contributed by atoms with Crippen molar-refractivity contribution in [1.29, 1.82) is 0 Å². The van der Waals surface area contributed by atoms with Crippen molar-refractivity contribution in [1.82, 2.24) is 20.2 Å². The summed E-state index contributed by atoms with van der Waals surface area (Å²) >= 11 is 6.08. The highest BCUT2D eigenvalue weighted by molar-refractivity contribution is 6.33. The molecule has 0 saturated carbocycles. The van der Waals surface area contributed by atoms with Gasteiger partial charge >= 0.3 is 0 Å². The van der Waals surface area contributed by atoms with E-state index in [2.05, 4.69) is 15.6 Å². The largest absolute Gasteiger partial charge is 0.385 e. The van der Waals surface area contributed by atoms with E-state index in [1.54, 1.807) is 31.4 Å². The second kappa shape index (κ2) is 10.8. The monoisotopic (exact) mass is 428 g/mol. The Bertz CT molecular complexity index is 1020. The standard InChI is InChI=1S/C22H25ClN4O3/c1-30-14-6-12-24-21(28)15-27-19-10-5-4-9-18(19)26-20(27)11-13-25-22(29)16-7-2-3-8-17(16)23/h2-5,7-10H,6,11-15H2,1H3,(H,24,28)(H,25,29). The molecule has 0 saturated heterocycles. The van der Waals surface area contributed by atoms with E-state index in [1.807, 2.05) is 28.8 Å². The molecule has 8 heteroatoms. The van der Waals surface area contributed by atoms with E-state index in [4.69, 9.17) is 16.3 Å². The Morgan fingerprint density at radius 2 is 1.83 bits per heavy atom. The molecule has 3 aromatic rings. The second-order valence-electron chi connectivity index (χ2n) is 6.78. The number of aromatic nitrogens is 2. The van der Waals surface area contributed by atoms with Crippen LogP contribution in [0.3, 0.4) is 0 Å². The highest BCUT2D eigenvalue weighted by Gasteiger charge is 2.14. The average Bonchev–Trinajstić information content (AvgIpc) is 3.09. The van der Waals surface area contributed by atoms with Gasteiger partial charge in [0, 0.05) is 33.2 Å². The Balaban J connectivity index is 1.66. The van der Waals surface area contributed by atoms with Crippen molar-refractivity contribution in [2.24, 2.45) is 0 Å². The summed E-state index contributed by atoms with van der Waals surface area (Å²) < 4.78 is 6.89. The maximum absolute atomic E-state index is 12.4. The van der Waals surface area contributed by atoms with Gasteiger partial charge in [-0.05, 0) is 30.7 Å². The number of benzene rings is 2. The molecule has 2 amide bonds. The topological polar surface area (TPSA) is 85.2 Å². The number of rotatable bonds is 10. The van der Waals surface area contributed by atoms with Gasteiger partial charge in [0.15, 0.2) is 0 Å². The van der Waals surface area contributed by atoms with Gasteiger partial charge in [0.05, 0.1) is 21.6 Å². The van der Waals surface area contributed by atoms with Crippen LogP contribution >= 0.6 is 11.6 Å². The number of halogens is 1. The van der Waals surface area contributed by atoms with Gasteiger partial charge in [-0.15, -0.1) is 0 Å². The van der Waals surface area contributed by atoms with Crippen LogP contribution in [-0.4, -0.2) is 48.2 Å². The molecule has 7 nitrogen and oxygen atoms in total. The number of hydrogen-bond donors (Lipinski definition) is 2. The van der Waals surface area contributed by atoms with E-state index in [-0.39, 0.29) is 18.4 Å². The first-order valence-corrected chi connectivity index (χ1v) is 10.2. The van der Waals surface area contributed by atoms with Crippen molar-refractivity contribution in [3.8, 4) is 0 Å². The molecule has 0 unspecified atom stereocenters. The molecule has 0 bridgehead atoms. The van der Waals surface area contributed by atoms with Gasteiger partial charge in [-0.2, -0.15) is 0 Å². The lowest BCUT2D eigenvalue weighted by Gasteiger charge is -2.11. The van der Waals surface area contributed by atoms with Gasteiger partial charge in [0.2, 0.25) is 5.91 Å². The number of amides is 2. The molecule has 0 aliphatic rings. The molecule has 0 fully saturated rings. The van der Waals surface area contributed by atoms with Crippen LogP contribution in [0, 0.1) is 0 Å². The molecule has 2 aromatic carbocycles. The van der Waals surface area contributed by atoms with Crippen molar-refractivity contribution in [3.63, 3.8) is 0 Å². The van der Waals surface area contributed by atoms with E-state index in [0.717, 1.165) is 23.3 Å². The van der Waals surface area contributed by atoms with Gasteiger partial charge < -0.3 is 19.9 Å². The molecular formula is C22H25ClN4O3. The summed E-state index contributed by atoms with van der Waals surface area (Å²) in [5, 5.41) is 6.18. The van der Waals surface area contributed by atoms with Gasteiger partial charge in [0.1, 0.15) is 12.4 Å². The van der Waals surface area contributed by atoms with Crippen LogP contribution in [0.15, 0.2) is 48.5 Å². The Hall–Kier alpha value is -2.90. The molecule has 1 heterocycles. The van der Waals surface area contributed by atoms with E-state index in [0.29, 0.717) is 36.7 Å². The number of hydrogen-bond acceptors (Lipinski definition) is 4. The molecule has 0 spiro atoms. The predicted molar refractivity (Wildman–Crippen MR) is 117 cm³/mol. The lowest BCUT2D eigenvalue weighted by Crippen LogP contribution is -2.30. The number of nitrogens with one attached hydrogen (secondary N) is 2. The molecule has 0 aliphatic heterocycles. The van der Waals surface area contributed by atoms with Gasteiger partial charge in [-0.1, -0.05) is 35.9 Å². The zero-order valence-electron chi connectivity index (χ0n) is 16.9. The minimum Gasteiger partial charge on any atom is -0.385 e. The van der Waals surface area contributed by atoms with Crippen LogP contribution < -0.4 is 10.6 Å². The summed E-state index contributed by atoms with van der Waals surface area (Å²) in [6, 6.07) is 14.6. The lowest BCUT2D eigenvalue weighted by molar-refractivity contribution is -0.121. The van der Waals surface area contributed by atoms with Crippen LogP contribution in [0.5, 0.6) is 0 Å². The Labute approximate surface area is 180 Å². The first-order chi connectivity index (χ1) is 14.6. The highest BCUT2D eigenvalue weighted by atomic mass is 35.5. The van der Waals surface area contributed by atoms with Gasteiger partial charge in [-0.25, -0.2) is 4.98 Å². The summed E-state index contributed by atoms with van der Waals surface area (Å²) in [5.41, 5.74) is 2.14. The number of ether oxygens (including phenoxy) is 1. The number of carbonyl (C=O) groups is 2. The van der Waals surface area contributed by atoms with Crippen LogP contribution in [0.25, 0.3) is 11.0 Å². The summed E-state index contributed by atoms with van der Waals surface area (Å²) in [4.78, 5) is 29.4. The molecule has 2 N–H and O–H groups in total. The van der Waals surface area contributed by atoms with E-state index >= 15 is 0 Å². The van der Waals surface area contributed by atoms with Crippen molar-refractivity contribution in [2.75, 3.05) is 26.8 Å². The molecule has 0 radical (unpaired) electrons. The first kappa shape index (κ1) is 21.8. The number of nitrogens with zero attached hydrogens (tertiary/aromatic N) is 2. The lowest BCUT2D eigenvalue weighted by atomic mass is 10.2. The van der Waals surface area contributed by atoms with Crippen LogP contribution in [-0.2, 0) is 22.5 Å². The zero-order chi connectivity index (χ0) is 21.3. The zero-order valence-corrected chi connectivity index (χ0v) is 17.6. The third-order valence-electron chi connectivity index (χ3n) is 4.64. The predicted octanol–water partition coefficient (Wildman–Crippen LogP) is 2.81. The third-order valence-corrected chi connectivity index (χ3v) is 4.96. The average molecular weight is 429 g/mol. The summed E-state index contributed by atoms with van der Waals surface area (Å²) in [7, 11) is 1.64. The van der Waals surface area contributed by atoms with E-state index in [9.17, 15) is 9.59 Å². The van der Waals surface area contributed by atoms with Crippen LogP contribution in [0.4, 0.5) is 0 Å². The molecular weight excluding hydrogens is 404 g/mol. The quantitative estimate of drug-likeness (QED) is 0.486. The van der Waals surface area contributed by atoms with Crippen LogP contribution in [0.2, 0.25) is 5.02 Å². The van der Waals surface area contributed by atoms with Crippen molar-refractivity contribution >= 4 is 34.4 Å². The second-order valence-corrected chi connectivity index (χ2v) is 7.19. The smallest absolute Gasteiger partial charge is 0.252 e. The molecule has 158 valence electrons. The molecule has 0 aliphatic carbocycles. The summed E-state index contributed by atoms with van der Waals surface area (Å²) in [6.45, 7) is 1.71. The number of methoxy groups -OCH3 is 1. The minimum atomic E-state index is -0.237. The number of para-hydroxylation sites is 2. The first-order valence-electron chi connectivity index (χ1n) is 9.82. The van der Waals surface area contributed by atoms with Gasteiger partial charge in [0.25, 0.3) is 5.91 Å². The van der Waals surface area contributed by atoms with Gasteiger partial charge in [-0.3, -0.25) is 9.59 Å².